The molecular weight excluding hydrogens is 267 g/mol. The predicted molar refractivity (Wildman–Crippen MR) is 75.1 cm³/mol. The van der Waals surface area contributed by atoms with Gasteiger partial charge in [0.05, 0.1) is 0 Å². The number of ether oxygens (including phenoxy) is 2. The highest BCUT2D eigenvalue weighted by atomic mass is 31.1. The van der Waals surface area contributed by atoms with E-state index in [4.69, 9.17) is 9.26 Å². The maximum Gasteiger partial charge on any atom is 0.308 e. The fraction of sp³-hybridized carbons (Fsp3) is 0.846. The van der Waals surface area contributed by atoms with Crippen molar-refractivity contribution in [3.05, 3.63) is 0 Å². The Morgan fingerprint density at radius 1 is 1.32 bits per heavy atom. The summed E-state index contributed by atoms with van der Waals surface area (Å²) >= 11 is 0. The number of hydrogen-bond donors (Lipinski definition) is 0. The molecule has 6 heteroatoms. The maximum absolute atomic E-state index is 11.3. The summed E-state index contributed by atoms with van der Waals surface area (Å²) < 4.78 is 14.8. The molecule has 0 bridgehead atoms. The van der Waals surface area contributed by atoms with E-state index in [1.807, 2.05) is 6.92 Å². The molecule has 0 saturated carbocycles. The molecule has 0 spiro atoms. The molecule has 0 amide bonds. The average Bonchev–Trinajstić information content (AvgIpc) is 2.42. The first-order valence-corrected chi connectivity index (χ1v) is 8.31. The molecule has 0 aromatic heterocycles. The van der Waals surface area contributed by atoms with Gasteiger partial charge in [0.15, 0.2) is 0 Å². The van der Waals surface area contributed by atoms with Gasteiger partial charge in [0.25, 0.3) is 6.47 Å². The van der Waals surface area contributed by atoms with Crippen molar-refractivity contribution >= 4 is 20.6 Å². The third kappa shape index (κ3) is 8.95. The molecule has 0 N–H and O–H groups in total. The Hall–Kier alpha value is -0.670. The minimum Gasteiger partial charge on any atom is -0.430 e. The maximum atomic E-state index is 11.3. The van der Waals surface area contributed by atoms with E-state index in [1.54, 1.807) is 0 Å². The minimum atomic E-state index is -0.390. The molecule has 0 fully saturated rings. The van der Waals surface area contributed by atoms with Crippen molar-refractivity contribution in [2.45, 2.75) is 52.1 Å². The zero-order chi connectivity index (χ0) is 14.5. The van der Waals surface area contributed by atoms with Crippen LogP contribution in [0.5, 0.6) is 0 Å². The summed E-state index contributed by atoms with van der Waals surface area (Å²) in [5, 5.41) is 0. The second kappa shape index (κ2) is 12.4. The highest BCUT2D eigenvalue weighted by molar-refractivity contribution is 7.53. The lowest BCUT2D eigenvalue weighted by atomic mass is 10.1. The van der Waals surface area contributed by atoms with Crippen LogP contribution in [0.15, 0.2) is 0 Å². The quantitative estimate of drug-likeness (QED) is 0.182. The molecular formula is C13H25O5P. The van der Waals surface area contributed by atoms with Crippen molar-refractivity contribution in [3.8, 4) is 0 Å². The largest absolute Gasteiger partial charge is 0.430 e. The summed E-state index contributed by atoms with van der Waals surface area (Å²) in [6, 6.07) is 0. The summed E-state index contributed by atoms with van der Waals surface area (Å²) in [5.74, 6) is -0.325. The van der Waals surface area contributed by atoms with Gasteiger partial charge in [-0.05, 0) is 32.3 Å². The lowest BCUT2D eigenvalue weighted by Crippen LogP contribution is -2.11. The highest BCUT2D eigenvalue weighted by Gasteiger charge is 2.18. The predicted octanol–water partition coefficient (Wildman–Crippen LogP) is 3.06. The third-order valence-corrected chi connectivity index (χ3v) is 5.41. The van der Waals surface area contributed by atoms with Crippen molar-refractivity contribution in [1.82, 2.24) is 0 Å². The van der Waals surface area contributed by atoms with E-state index >= 15 is 0 Å². The molecule has 112 valence electrons. The number of rotatable bonds is 12. The number of esters is 1. The monoisotopic (exact) mass is 292 g/mol. The van der Waals surface area contributed by atoms with E-state index in [0.29, 0.717) is 12.1 Å². The number of hydrogen-bond acceptors (Lipinski definition) is 5. The van der Waals surface area contributed by atoms with Crippen LogP contribution in [-0.4, -0.2) is 37.7 Å². The molecule has 5 nitrogen and oxygen atoms in total. The van der Waals surface area contributed by atoms with Crippen LogP contribution in [0.2, 0.25) is 0 Å². The minimum absolute atomic E-state index is 0.261. The first-order chi connectivity index (χ1) is 9.19. The molecule has 2 unspecified atom stereocenters. The number of carbonyl (C=O) groups is 2. The molecule has 0 heterocycles. The normalized spacial score (nSPS) is 13.6. The fourth-order valence-corrected chi connectivity index (χ4v) is 3.97. The summed E-state index contributed by atoms with van der Waals surface area (Å²) in [5.41, 5.74) is 0.541. The van der Waals surface area contributed by atoms with Crippen molar-refractivity contribution in [3.63, 3.8) is 0 Å². The Kier molecular flexibility index (Phi) is 11.9. The Morgan fingerprint density at radius 3 is 2.58 bits per heavy atom. The van der Waals surface area contributed by atoms with Crippen molar-refractivity contribution in [2.75, 3.05) is 19.6 Å². The van der Waals surface area contributed by atoms with Gasteiger partial charge in [0.1, 0.15) is 0 Å². The van der Waals surface area contributed by atoms with Crippen LogP contribution < -0.4 is 0 Å². The molecule has 0 aromatic rings. The van der Waals surface area contributed by atoms with E-state index in [2.05, 4.69) is 18.6 Å². The smallest absolute Gasteiger partial charge is 0.308 e. The van der Waals surface area contributed by atoms with E-state index in [0.717, 1.165) is 32.0 Å². The van der Waals surface area contributed by atoms with Crippen molar-refractivity contribution in [2.24, 2.45) is 0 Å². The number of carbonyl (C=O) groups excluding carboxylic acids is 2. The molecule has 19 heavy (non-hydrogen) atoms. The Morgan fingerprint density at radius 2 is 2.05 bits per heavy atom. The van der Waals surface area contributed by atoms with Gasteiger partial charge in [-0.2, -0.15) is 0 Å². The molecule has 0 aliphatic rings. The molecule has 0 saturated heterocycles. The van der Waals surface area contributed by atoms with Gasteiger partial charge in [-0.1, -0.05) is 13.8 Å². The fourth-order valence-electron chi connectivity index (χ4n) is 1.85. The van der Waals surface area contributed by atoms with Gasteiger partial charge in [-0.3, -0.25) is 9.59 Å². The second-order valence-electron chi connectivity index (χ2n) is 4.00. The van der Waals surface area contributed by atoms with Crippen LogP contribution in [-0.2, 0) is 23.6 Å². The Balaban J connectivity index is 3.87. The van der Waals surface area contributed by atoms with Crippen molar-refractivity contribution < 1.29 is 23.6 Å². The first kappa shape index (κ1) is 18.3. The molecule has 0 aromatic carbocycles. The van der Waals surface area contributed by atoms with Gasteiger partial charge in [0, 0.05) is 26.8 Å². The Labute approximate surface area is 116 Å². The first-order valence-electron chi connectivity index (χ1n) is 6.79. The molecule has 0 aliphatic heterocycles. The molecule has 2 atom stereocenters. The highest BCUT2D eigenvalue weighted by Crippen LogP contribution is 2.45. The topological polar surface area (TPSA) is 61.8 Å². The van der Waals surface area contributed by atoms with Gasteiger partial charge >= 0.3 is 5.97 Å². The molecule has 0 rings (SSSR count). The van der Waals surface area contributed by atoms with Crippen LogP contribution in [0.3, 0.4) is 0 Å². The Bertz CT molecular complexity index is 247. The van der Waals surface area contributed by atoms with Gasteiger partial charge in [-0.25, -0.2) is 0 Å². The zero-order valence-corrected chi connectivity index (χ0v) is 13.0. The third-order valence-electron chi connectivity index (χ3n) is 2.76. The van der Waals surface area contributed by atoms with Crippen LogP contribution >= 0.6 is 8.15 Å². The SMILES string of the molecule is CCOP(CC)C(CC)CCCC(=O)OCOC=O. The second-order valence-corrected chi connectivity index (χ2v) is 6.46. The standard InChI is InChI=1S/C13H25O5P/c1-4-12(19(6-3)18-5-2)8-7-9-13(15)17-11-16-10-14/h10,12H,4-9,11H2,1-3H3. The van der Waals surface area contributed by atoms with Gasteiger partial charge in [0.2, 0.25) is 6.79 Å². The van der Waals surface area contributed by atoms with E-state index in [-0.39, 0.29) is 27.4 Å². The van der Waals surface area contributed by atoms with Crippen LogP contribution in [0, 0.1) is 0 Å². The lowest BCUT2D eigenvalue weighted by Gasteiger charge is -2.24. The van der Waals surface area contributed by atoms with Crippen LogP contribution in [0.25, 0.3) is 0 Å². The van der Waals surface area contributed by atoms with Crippen LogP contribution in [0.1, 0.15) is 46.5 Å². The summed E-state index contributed by atoms with van der Waals surface area (Å²) in [6.45, 7) is 7.04. The summed E-state index contributed by atoms with van der Waals surface area (Å²) in [4.78, 5) is 21.2. The van der Waals surface area contributed by atoms with Crippen LogP contribution in [0.4, 0.5) is 0 Å². The average molecular weight is 292 g/mol. The van der Waals surface area contributed by atoms with Gasteiger partial charge in [-0.15, -0.1) is 0 Å². The van der Waals surface area contributed by atoms with E-state index in [1.165, 1.54) is 0 Å². The van der Waals surface area contributed by atoms with E-state index in [9.17, 15) is 9.59 Å². The molecule has 0 radical (unpaired) electrons. The van der Waals surface area contributed by atoms with E-state index < -0.39 is 0 Å². The van der Waals surface area contributed by atoms with Crippen molar-refractivity contribution in [1.29, 1.82) is 0 Å². The van der Waals surface area contributed by atoms with Gasteiger partial charge < -0.3 is 14.0 Å². The lowest BCUT2D eigenvalue weighted by molar-refractivity contribution is -0.160. The summed E-state index contributed by atoms with van der Waals surface area (Å²) in [6.07, 6.45) is 4.24. The zero-order valence-electron chi connectivity index (χ0n) is 12.1. The molecule has 0 aliphatic carbocycles. The summed E-state index contributed by atoms with van der Waals surface area (Å²) in [7, 11) is -0.390.